The minimum Gasteiger partial charge on any atom is -0.493 e. The fraction of sp³-hybridized carbons (Fsp3) is 0.360. The van der Waals surface area contributed by atoms with Crippen molar-refractivity contribution in [2.45, 2.75) is 24.4 Å². The highest BCUT2D eigenvalue weighted by Crippen LogP contribution is 2.50. The number of methoxy groups -OCH3 is 2. The van der Waals surface area contributed by atoms with Gasteiger partial charge in [-0.3, -0.25) is 24.1 Å². The standard InChI is InChI=1S/C25H25ClN4O6/c1-35-17-6-3-12(9-18(17)36-2)7-8-30-22(32)20-16(11-19(27)31)29-25(21(20)23(30)33)14-10-13(26)4-5-15(14)28-24(25)34/h3-6,9-10,16,20-21,29H,7-8,11H2,1-2H3,(H2,27,31)(H,28,34)/p+1/t16-,20-,21+,25+/m0/s1. The van der Waals surface area contributed by atoms with E-state index in [2.05, 4.69) is 5.32 Å². The zero-order valence-corrected chi connectivity index (χ0v) is 20.5. The summed E-state index contributed by atoms with van der Waals surface area (Å²) in [5, 5.41) is 4.88. The summed E-state index contributed by atoms with van der Waals surface area (Å²) >= 11 is 6.25. The normalized spacial score (nSPS) is 26.2. The molecule has 4 atom stereocenters. The first-order chi connectivity index (χ1) is 17.2. The predicted octanol–water partition coefficient (Wildman–Crippen LogP) is 0.170. The van der Waals surface area contributed by atoms with Gasteiger partial charge in [0.1, 0.15) is 17.9 Å². The molecule has 0 radical (unpaired) electrons. The van der Waals surface area contributed by atoms with E-state index in [-0.39, 0.29) is 13.0 Å². The van der Waals surface area contributed by atoms with Crippen molar-refractivity contribution < 1.29 is 34.0 Å². The maximum atomic E-state index is 13.8. The van der Waals surface area contributed by atoms with Gasteiger partial charge >= 0.3 is 0 Å². The number of hydrogen-bond acceptors (Lipinski definition) is 6. The summed E-state index contributed by atoms with van der Waals surface area (Å²) in [6, 6.07) is 9.67. The number of imide groups is 1. The van der Waals surface area contributed by atoms with Gasteiger partial charge in [-0.1, -0.05) is 17.7 Å². The Morgan fingerprint density at radius 1 is 1.11 bits per heavy atom. The number of anilines is 1. The summed E-state index contributed by atoms with van der Waals surface area (Å²) < 4.78 is 10.6. The highest BCUT2D eigenvalue weighted by atomic mass is 35.5. The van der Waals surface area contributed by atoms with E-state index in [0.29, 0.717) is 34.2 Å². The Morgan fingerprint density at radius 3 is 2.56 bits per heavy atom. The van der Waals surface area contributed by atoms with Crippen LogP contribution in [0.1, 0.15) is 17.5 Å². The Hall–Kier alpha value is -3.63. The molecule has 2 saturated heterocycles. The van der Waals surface area contributed by atoms with Crippen LogP contribution in [0.3, 0.4) is 0 Å². The highest BCUT2D eigenvalue weighted by molar-refractivity contribution is 6.31. The van der Waals surface area contributed by atoms with Crippen molar-refractivity contribution >= 4 is 40.9 Å². The van der Waals surface area contributed by atoms with Gasteiger partial charge in [0.05, 0.1) is 26.3 Å². The van der Waals surface area contributed by atoms with E-state index in [0.717, 1.165) is 5.56 Å². The number of carbonyl (C=O) groups is 4. The van der Waals surface area contributed by atoms with Crippen LogP contribution in [-0.4, -0.2) is 55.3 Å². The van der Waals surface area contributed by atoms with E-state index in [1.807, 2.05) is 6.07 Å². The van der Waals surface area contributed by atoms with Gasteiger partial charge in [0.15, 0.2) is 11.5 Å². The van der Waals surface area contributed by atoms with Gasteiger partial charge in [-0.25, -0.2) is 0 Å². The van der Waals surface area contributed by atoms with E-state index >= 15 is 0 Å². The van der Waals surface area contributed by atoms with Gasteiger partial charge in [0.25, 0.3) is 5.91 Å². The lowest BCUT2D eigenvalue weighted by Gasteiger charge is -2.26. The molecule has 3 aliphatic rings. The molecule has 188 valence electrons. The molecule has 10 nitrogen and oxygen atoms in total. The number of hydrogen-bond donors (Lipinski definition) is 3. The maximum absolute atomic E-state index is 13.8. The summed E-state index contributed by atoms with van der Waals surface area (Å²) in [5.41, 5.74) is 5.98. The van der Waals surface area contributed by atoms with E-state index in [1.165, 1.54) is 19.1 Å². The number of benzene rings is 2. The number of likely N-dealkylation sites (tertiary alicyclic amines) is 1. The number of nitrogens with one attached hydrogen (secondary N) is 1. The number of halogens is 1. The van der Waals surface area contributed by atoms with Crippen molar-refractivity contribution in [1.29, 1.82) is 0 Å². The summed E-state index contributed by atoms with van der Waals surface area (Å²) in [5.74, 6) is -2.63. The summed E-state index contributed by atoms with van der Waals surface area (Å²) in [6.07, 6.45) is 0.234. The number of primary amides is 1. The number of ether oxygens (including phenoxy) is 2. The topological polar surface area (TPSA) is 145 Å². The average Bonchev–Trinajstić information content (AvgIpc) is 3.41. The molecule has 2 aromatic carbocycles. The van der Waals surface area contributed by atoms with Gasteiger partial charge in [-0.15, -0.1) is 0 Å². The molecule has 11 heteroatoms. The third kappa shape index (κ3) is 3.51. The maximum Gasteiger partial charge on any atom is 0.291 e. The molecule has 5 N–H and O–H groups in total. The quantitative estimate of drug-likeness (QED) is 0.450. The third-order valence-corrected chi connectivity index (χ3v) is 7.67. The minimum atomic E-state index is -1.41. The first-order valence-corrected chi connectivity index (χ1v) is 11.9. The molecule has 0 aliphatic carbocycles. The third-order valence-electron chi connectivity index (χ3n) is 7.43. The van der Waals surface area contributed by atoms with Crippen LogP contribution in [0.15, 0.2) is 36.4 Å². The van der Waals surface area contributed by atoms with E-state index in [1.54, 1.807) is 35.6 Å². The van der Waals surface area contributed by atoms with Crippen LogP contribution in [0.4, 0.5) is 5.69 Å². The SMILES string of the molecule is COc1ccc(CCN2C(=O)[C@H]3[C@H](CC(N)=O)[NH2+][C@@]4(C(=O)Nc5ccc(Cl)cc54)[C@H]3C2=O)cc1OC. The van der Waals surface area contributed by atoms with Crippen LogP contribution >= 0.6 is 11.6 Å². The lowest BCUT2D eigenvalue weighted by atomic mass is 9.76. The second-order valence-corrected chi connectivity index (χ2v) is 9.72. The number of nitrogens with zero attached hydrogens (tertiary/aromatic N) is 1. The Morgan fingerprint density at radius 2 is 1.86 bits per heavy atom. The van der Waals surface area contributed by atoms with E-state index in [9.17, 15) is 19.2 Å². The zero-order chi connectivity index (χ0) is 25.8. The van der Waals surface area contributed by atoms with Crippen LogP contribution in [-0.2, 0) is 31.1 Å². The molecule has 0 unspecified atom stereocenters. The average molecular weight is 514 g/mol. The molecular weight excluding hydrogens is 488 g/mol. The van der Waals surface area contributed by atoms with Crippen molar-refractivity contribution in [2.75, 3.05) is 26.1 Å². The number of amides is 4. The largest absolute Gasteiger partial charge is 0.493 e. The molecule has 2 aromatic rings. The van der Waals surface area contributed by atoms with Crippen molar-refractivity contribution in [3.05, 3.63) is 52.5 Å². The summed E-state index contributed by atoms with van der Waals surface area (Å²) in [6.45, 7) is 0.115. The van der Waals surface area contributed by atoms with Gasteiger partial charge in [-0.2, -0.15) is 0 Å². The molecule has 0 aromatic heterocycles. The van der Waals surface area contributed by atoms with Crippen LogP contribution in [0.25, 0.3) is 0 Å². The number of carbonyl (C=O) groups excluding carboxylic acids is 4. The van der Waals surface area contributed by atoms with Gasteiger partial charge in [0.2, 0.25) is 23.3 Å². The summed E-state index contributed by atoms with van der Waals surface area (Å²) in [7, 11) is 3.07. The van der Waals surface area contributed by atoms with Gasteiger partial charge < -0.3 is 25.8 Å². The Kier molecular flexibility index (Phi) is 5.88. The van der Waals surface area contributed by atoms with Crippen molar-refractivity contribution in [2.24, 2.45) is 17.6 Å². The molecular formula is C25H26ClN4O6+. The number of quaternary nitrogens is 1. The van der Waals surface area contributed by atoms with Crippen molar-refractivity contribution in [3.8, 4) is 11.5 Å². The molecule has 5 rings (SSSR count). The highest BCUT2D eigenvalue weighted by Gasteiger charge is 2.74. The molecule has 36 heavy (non-hydrogen) atoms. The van der Waals surface area contributed by atoms with E-state index in [4.69, 9.17) is 26.8 Å². The van der Waals surface area contributed by atoms with Crippen LogP contribution < -0.4 is 25.8 Å². The molecule has 2 fully saturated rings. The molecule has 4 amide bonds. The lowest BCUT2D eigenvalue weighted by Crippen LogP contribution is -2.99. The smallest absolute Gasteiger partial charge is 0.291 e. The van der Waals surface area contributed by atoms with Crippen LogP contribution in [0.2, 0.25) is 5.02 Å². The molecule has 3 aliphatic heterocycles. The molecule has 1 spiro atoms. The molecule has 0 saturated carbocycles. The van der Waals surface area contributed by atoms with Gasteiger partial charge in [0, 0.05) is 17.1 Å². The summed E-state index contributed by atoms with van der Waals surface area (Å²) in [4.78, 5) is 53.8. The molecule has 0 bridgehead atoms. The first kappa shape index (κ1) is 24.1. The zero-order valence-electron chi connectivity index (χ0n) is 19.7. The number of nitrogens with two attached hydrogens (primary N) is 2. The van der Waals surface area contributed by atoms with E-state index < -0.39 is 47.0 Å². The second kappa shape index (κ2) is 8.79. The fourth-order valence-electron chi connectivity index (χ4n) is 5.91. The van der Waals surface area contributed by atoms with Gasteiger partial charge in [-0.05, 0) is 42.3 Å². The Labute approximate surface area is 212 Å². The lowest BCUT2D eigenvalue weighted by molar-refractivity contribution is -0.732. The molecule has 3 heterocycles. The van der Waals surface area contributed by atoms with Crippen LogP contribution in [0, 0.1) is 11.8 Å². The Bertz CT molecular complexity index is 1300. The monoisotopic (exact) mass is 513 g/mol. The second-order valence-electron chi connectivity index (χ2n) is 9.28. The Balaban J connectivity index is 1.49. The predicted molar refractivity (Wildman–Crippen MR) is 128 cm³/mol. The van der Waals surface area contributed by atoms with Crippen molar-refractivity contribution in [3.63, 3.8) is 0 Å². The fourth-order valence-corrected chi connectivity index (χ4v) is 6.08. The first-order valence-electron chi connectivity index (χ1n) is 11.5. The number of rotatable bonds is 7. The van der Waals surface area contributed by atoms with Crippen molar-refractivity contribution in [1.82, 2.24) is 4.90 Å². The van der Waals surface area contributed by atoms with Crippen LogP contribution in [0.5, 0.6) is 11.5 Å². The number of fused-ring (bicyclic) bond motifs is 4. The minimum absolute atomic E-state index is 0.115.